The first-order valence-electron chi connectivity index (χ1n) is 18.2. The molecule has 3 fully saturated rings. The van der Waals surface area contributed by atoms with Crippen molar-refractivity contribution in [2.24, 2.45) is 0 Å². The van der Waals surface area contributed by atoms with Crippen LogP contribution in [-0.2, 0) is 4.74 Å². The molecule has 0 atom stereocenters. The van der Waals surface area contributed by atoms with Gasteiger partial charge in [0.2, 0.25) is 0 Å². The maximum Gasteiger partial charge on any atom is 0.0593 e. The molecule has 0 aromatic carbocycles. The van der Waals surface area contributed by atoms with Crippen LogP contribution in [0.15, 0.2) is 0 Å². The van der Waals surface area contributed by atoms with Crippen LogP contribution in [0, 0.1) is 0 Å². The monoisotopic (exact) mass is 572 g/mol. The van der Waals surface area contributed by atoms with Crippen LogP contribution >= 0.6 is 0 Å². The zero-order valence-electron chi connectivity index (χ0n) is 30.3. The fourth-order valence-corrected chi connectivity index (χ4v) is 5.18. The van der Waals surface area contributed by atoms with Gasteiger partial charge in [-0.05, 0) is 113 Å². The van der Waals surface area contributed by atoms with Gasteiger partial charge in [-0.3, -0.25) is 4.90 Å². The molecule has 0 radical (unpaired) electrons. The Morgan fingerprint density at radius 1 is 0.325 bits per heavy atom. The Morgan fingerprint density at radius 3 is 0.875 bits per heavy atom. The van der Waals surface area contributed by atoms with Crippen molar-refractivity contribution in [3.05, 3.63) is 0 Å². The van der Waals surface area contributed by atoms with Crippen LogP contribution in [-0.4, -0.2) is 85.3 Å². The lowest BCUT2D eigenvalue weighted by Gasteiger charge is -2.27. The van der Waals surface area contributed by atoms with E-state index in [1.165, 1.54) is 116 Å². The summed E-state index contributed by atoms with van der Waals surface area (Å²) in [7, 11) is 0. The molecule has 0 spiro atoms. The van der Waals surface area contributed by atoms with Crippen molar-refractivity contribution in [3.63, 3.8) is 0 Å². The predicted molar refractivity (Wildman–Crippen MR) is 185 cm³/mol. The molecule has 0 aromatic heterocycles. The van der Waals surface area contributed by atoms with Crippen LogP contribution in [0.5, 0.6) is 0 Å². The van der Waals surface area contributed by atoms with Crippen LogP contribution < -0.4 is 0 Å². The Hall–Kier alpha value is -0.160. The minimum absolute atomic E-state index is 0.678. The quantitative estimate of drug-likeness (QED) is 0.335. The first-order chi connectivity index (χ1) is 19.4. The van der Waals surface area contributed by atoms with Crippen molar-refractivity contribution in [2.45, 2.75) is 185 Å². The Balaban J connectivity index is -0.000000468. The van der Waals surface area contributed by atoms with Gasteiger partial charge in [0.1, 0.15) is 0 Å². The van der Waals surface area contributed by atoms with Crippen molar-refractivity contribution < 1.29 is 4.74 Å². The molecule has 246 valence electrons. The summed E-state index contributed by atoms with van der Waals surface area (Å²) in [6.07, 6.45) is 18.4. The average molecular weight is 572 g/mol. The summed E-state index contributed by atoms with van der Waals surface area (Å²) in [5.41, 5.74) is 0. The Bertz CT molecular complexity index is 390. The molecular weight excluding hydrogens is 490 g/mol. The third kappa shape index (κ3) is 28.0. The smallest absolute Gasteiger partial charge is 0.0593 e. The highest BCUT2D eigenvalue weighted by Crippen LogP contribution is 2.13. The molecule has 0 unspecified atom stereocenters. The highest BCUT2D eigenvalue weighted by molar-refractivity contribution is 4.66. The maximum absolute atomic E-state index is 5.41. The van der Waals surface area contributed by atoms with E-state index in [2.05, 4.69) is 56.2 Å². The Morgan fingerprint density at radius 2 is 0.575 bits per heavy atom. The van der Waals surface area contributed by atoms with Gasteiger partial charge in [0.15, 0.2) is 0 Å². The van der Waals surface area contributed by atoms with Gasteiger partial charge >= 0.3 is 0 Å². The summed E-state index contributed by atoms with van der Waals surface area (Å²) >= 11 is 0. The first-order valence-corrected chi connectivity index (χ1v) is 18.2. The molecule has 0 aromatic rings. The van der Waals surface area contributed by atoms with Crippen molar-refractivity contribution in [1.82, 2.24) is 14.7 Å². The van der Waals surface area contributed by atoms with E-state index >= 15 is 0 Å². The first kappa shape index (κ1) is 44.3. The van der Waals surface area contributed by atoms with Crippen molar-refractivity contribution in [2.75, 3.05) is 52.5 Å². The topological polar surface area (TPSA) is 19.0 Å². The van der Waals surface area contributed by atoms with Gasteiger partial charge in [0.25, 0.3) is 0 Å². The van der Waals surface area contributed by atoms with E-state index in [0.29, 0.717) is 6.04 Å². The summed E-state index contributed by atoms with van der Waals surface area (Å²) in [4.78, 5) is 7.73. The molecule has 0 bridgehead atoms. The zero-order chi connectivity index (χ0) is 31.0. The van der Waals surface area contributed by atoms with Gasteiger partial charge in [0.05, 0.1) is 6.61 Å². The minimum atomic E-state index is 0.678. The van der Waals surface area contributed by atoms with Gasteiger partial charge < -0.3 is 14.5 Å². The molecule has 0 amide bonds. The summed E-state index contributed by atoms with van der Waals surface area (Å²) in [6.45, 7) is 35.3. The number of hydrogen-bond acceptors (Lipinski definition) is 4. The summed E-state index contributed by atoms with van der Waals surface area (Å²) in [5, 5.41) is 0. The zero-order valence-corrected chi connectivity index (χ0v) is 30.3. The normalized spacial score (nSPS) is 20.2. The number of nitrogens with zero attached hydrogens (tertiary/aromatic N) is 3. The third-order valence-electron chi connectivity index (χ3n) is 7.73. The molecule has 3 heterocycles. The molecular formula is C36H81N3O. The highest BCUT2D eigenvalue weighted by atomic mass is 16.5. The Labute approximate surface area is 256 Å². The highest BCUT2D eigenvalue weighted by Gasteiger charge is 2.11. The van der Waals surface area contributed by atoms with Crippen molar-refractivity contribution >= 4 is 0 Å². The molecule has 3 aliphatic rings. The van der Waals surface area contributed by atoms with Crippen LogP contribution in [0.1, 0.15) is 167 Å². The number of rotatable bonds is 3. The second kappa shape index (κ2) is 35.0. The maximum atomic E-state index is 5.41. The molecule has 0 saturated carbocycles. The van der Waals surface area contributed by atoms with Gasteiger partial charge in [-0.15, -0.1) is 0 Å². The molecule has 0 N–H and O–H groups in total. The number of ether oxygens (including phenoxy) is 1. The fraction of sp³-hybridized carbons (Fsp3) is 1.00. The molecule has 4 heteroatoms. The summed E-state index contributed by atoms with van der Waals surface area (Å²) in [5.74, 6) is 0. The second-order valence-electron chi connectivity index (χ2n) is 11.6. The third-order valence-corrected chi connectivity index (χ3v) is 7.73. The second-order valence-corrected chi connectivity index (χ2v) is 11.6. The van der Waals surface area contributed by atoms with Gasteiger partial charge in [-0.1, -0.05) is 86.5 Å². The minimum Gasteiger partial charge on any atom is -0.380 e. The van der Waals surface area contributed by atoms with Crippen LogP contribution in [0.2, 0.25) is 0 Å². The van der Waals surface area contributed by atoms with Crippen molar-refractivity contribution in [1.29, 1.82) is 0 Å². The van der Waals surface area contributed by atoms with E-state index in [0.717, 1.165) is 31.8 Å². The lowest BCUT2D eigenvalue weighted by atomic mass is 10.1. The van der Waals surface area contributed by atoms with Gasteiger partial charge in [-0.2, -0.15) is 0 Å². The molecule has 3 aliphatic heterocycles. The van der Waals surface area contributed by atoms with Crippen LogP contribution in [0.25, 0.3) is 0 Å². The van der Waals surface area contributed by atoms with E-state index < -0.39 is 0 Å². The van der Waals surface area contributed by atoms with E-state index in [-0.39, 0.29) is 0 Å². The van der Waals surface area contributed by atoms with E-state index in [1.54, 1.807) is 0 Å². The predicted octanol–water partition coefficient (Wildman–Crippen LogP) is 10.3. The lowest BCUT2D eigenvalue weighted by Crippen LogP contribution is -2.36. The van der Waals surface area contributed by atoms with E-state index in [4.69, 9.17) is 4.74 Å². The largest absolute Gasteiger partial charge is 0.380 e. The lowest BCUT2D eigenvalue weighted by molar-refractivity contribution is 0.0691. The van der Waals surface area contributed by atoms with Crippen molar-refractivity contribution in [3.8, 4) is 0 Å². The molecule has 0 aliphatic carbocycles. The molecule has 3 saturated heterocycles. The van der Waals surface area contributed by atoms with E-state index in [1.807, 2.05) is 41.5 Å². The number of likely N-dealkylation sites (tertiary alicyclic amines) is 1. The van der Waals surface area contributed by atoms with Gasteiger partial charge in [0, 0.05) is 31.3 Å². The average Bonchev–Trinajstić information content (AvgIpc) is 3.06. The van der Waals surface area contributed by atoms with Crippen LogP contribution in [0.4, 0.5) is 0 Å². The molecule has 40 heavy (non-hydrogen) atoms. The van der Waals surface area contributed by atoms with E-state index in [9.17, 15) is 0 Å². The standard InChI is InChI=1S/C11H23N.C10H21N.C9H19NO.3C2H6/c1-11(2)12-9-7-5-3-4-6-8-10-12;1-10(2)11-8-6-4-3-5-7-9-11;1-9(2)10-5-3-4-7-11-8-6-10;3*1-2/h11H,3-10H2,1-2H3;10H,3-9H2,1-2H3;9H,3-8H2,1-2H3;3*1-2H3. The summed E-state index contributed by atoms with van der Waals surface area (Å²) < 4.78 is 5.41. The van der Waals surface area contributed by atoms with Gasteiger partial charge in [-0.25, -0.2) is 0 Å². The molecule has 4 nitrogen and oxygen atoms in total. The molecule has 3 rings (SSSR count). The SMILES string of the molecule is CC.CC.CC.CC(C)N1CCCCCCC1.CC(C)N1CCCCCCCC1.CC(C)N1CCCCOCC1. The van der Waals surface area contributed by atoms with Crippen LogP contribution in [0.3, 0.4) is 0 Å². The Kier molecular flexibility index (Phi) is 38.8. The number of hydrogen-bond donors (Lipinski definition) is 0. The fourth-order valence-electron chi connectivity index (χ4n) is 5.18. The summed E-state index contributed by atoms with van der Waals surface area (Å²) in [6, 6.07) is 2.19.